The summed E-state index contributed by atoms with van der Waals surface area (Å²) < 4.78 is 34.9. The quantitative estimate of drug-likeness (QED) is 0.560. The van der Waals surface area contributed by atoms with E-state index < -0.39 is 11.9 Å². The Labute approximate surface area is 56.2 Å². The maximum atomic E-state index is 11.6. The highest BCUT2D eigenvalue weighted by molar-refractivity contribution is 5.09. The first-order chi connectivity index (χ1) is 4.52. The van der Waals surface area contributed by atoms with Crippen molar-refractivity contribution >= 4 is 0 Å². The number of alkyl halides is 3. The Hall–Kier alpha value is -1.18. The minimum atomic E-state index is -4.45. The summed E-state index contributed by atoms with van der Waals surface area (Å²) >= 11 is 0. The molecule has 0 aromatic rings. The molecule has 0 aliphatic heterocycles. The average molecular weight is 150 g/mol. The summed E-state index contributed by atoms with van der Waals surface area (Å²) in [5.74, 6) is 0. The summed E-state index contributed by atoms with van der Waals surface area (Å²) in [6, 6.07) is 0. The fourth-order valence-corrected chi connectivity index (χ4v) is 0.344. The van der Waals surface area contributed by atoms with Crippen LogP contribution in [0.2, 0.25) is 0 Å². The molecule has 0 rings (SSSR count). The molecular weight excluding hydrogens is 145 g/mol. The van der Waals surface area contributed by atoms with Crippen molar-refractivity contribution in [1.82, 2.24) is 5.32 Å². The molecule has 5 heteroatoms. The third-order valence-corrected chi connectivity index (χ3v) is 0.768. The van der Waals surface area contributed by atoms with Crippen LogP contribution in [0.3, 0.4) is 0 Å². The molecular formula is C5H5F3N2. The van der Waals surface area contributed by atoms with Gasteiger partial charge in [-0.1, -0.05) is 0 Å². The molecule has 0 aliphatic carbocycles. The summed E-state index contributed by atoms with van der Waals surface area (Å²) in [4.78, 5) is 2.48. The van der Waals surface area contributed by atoms with Crippen molar-refractivity contribution < 1.29 is 13.2 Å². The highest BCUT2D eigenvalue weighted by atomic mass is 19.4. The molecule has 0 atom stereocenters. The summed E-state index contributed by atoms with van der Waals surface area (Å²) in [5, 5.41) is 1.87. The first kappa shape index (κ1) is 8.82. The molecule has 56 valence electrons. The second-order valence-electron chi connectivity index (χ2n) is 1.42. The van der Waals surface area contributed by atoms with Crippen LogP contribution in [-0.4, -0.2) is 13.2 Å². The second kappa shape index (κ2) is 3.11. The van der Waals surface area contributed by atoms with Gasteiger partial charge in [0.2, 0.25) is 0 Å². The monoisotopic (exact) mass is 150 g/mol. The largest absolute Gasteiger partial charge is 0.420 e. The van der Waals surface area contributed by atoms with Crippen molar-refractivity contribution in [2.24, 2.45) is 0 Å². The fourth-order valence-electron chi connectivity index (χ4n) is 0.344. The van der Waals surface area contributed by atoms with Gasteiger partial charge in [0, 0.05) is 7.05 Å². The smallest absolute Gasteiger partial charge is 0.394 e. The number of hydrogen-bond acceptors (Lipinski definition) is 1. The average Bonchev–Trinajstić information content (AvgIpc) is 1.80. The molecule has 0 aromatic heterocycles. The second-order valence-corrected chi connectivity index (χ2v) is 1.42. The number of nitrogens with one attached hydrogen (secondary N) is 1. The van der Waals surface area contributed by atoms with Crippen molar-refractivity contribution in [3.05, 3.63) is 23.3 Å². The van der Waals surface area contributed by atoms with Crippen LogP contribution < -0.4 is 5.32 Å². The third kappa shape index (κ3) is 2.40. The first-order valence-electron chi connectivity index (χ1n) is 2.34. The highest BCUT2D eigenvalue weighted by Crippen LogP contribution is 2.22. The van der Waals surface area contributed by atoms with E-state index in [9.17, 15) is 13.2 Å². The lowest BCUT2D eigenvalue weighted by molar-refractivity contribution is -0.0960. The number of hydrogen-bond donors (Lipinski definition) is 1. The molecule has 1 N–H and O–H groups in total. The van der Waals surface area contributed by atoms with E-state index in [0.717, 1.165) is 7.05 Å². The normalized spacial score (nSPS) is 12.5. The van der Waals surface area contributed by atoms with Gasteiger partial charge in [0.1, 0.15) is 5.70 Å². The van der Waals surface area contributed by atoms with Crippen LogP contribution in [0, 0.1) is 6.57 Å². The molecule has 0 unspecified atom stereocenters. The molecule has 0 spiro atoms. The van der Waals surface area contributed by atoms with Crippen LogP contribution in [0.5, 0.6) is 0 Å². The van der Waals surface area contributed by atoms with Crippen LogP contribution in [0.25, 0.3) is 4.85 Å². The van der Waals surface area contributed by atoms with Crippen LogP contribution in [0.1, 0.15) is 0 Å². The molecule has 0 radical (unpaired) electrons. The van der Waals surface area contributed by atoms with Gasteiger partial charge in [-0.2, -0.15) is 13.2 Å². The highest BCUT2D eigenvalue weighted by Gasteiger charge is 2.32. The van der Waals surface area contributed by atoms with Gasteiger partial charge in [-0.3, -0.25) is 0 Å². The van der Waals surface area contributed by atoms with Crippen LogP contribution in [-0.2, 0) is 0 Å². The number of nitrogens with zero attached hydrogens (tertiary/aromatic N) is 1. The summed E-state index contributed by atoms with van der Waals surface area (Å²) in [5.41, 5.74) is -1.03. The van der Waals surface area contributed by atoms with Crippen LogP contribution in [0.4, 0.5) is 13.2 Å². The first-order valence-corrected chi connectivity index (χ1v) is 2.34. The molecule has 0 fully saturated rings. The predicted octanol–water partition coefficient (Wildman–Crippen LogP) is 1.53. The van der Waals surface area contributed by atoms with E-state index >= 15 is 0 Å². The van der Waals surface area contributed by atoms with E-state index in [-0.39, 0.29) is 0 Å². The number of rotatable bonds is 1. The Kier molecular flexibility index (Phi) is 2.74. The van der Waals surface area contributed by atoms with Gasteiger partial charge in [-0.25, -0.2) is 4.85 Å². The van der Waals surface area contributed by atoms with Crippen molar-refractivity contribution in [1.29, 1.82) is 0 Å². The summed E-state index contributed by atoms with van der Waals surface area (Å²) in [7, 11) is 1.12. The van der Waals surface area contributed by atoms with E-state index in [1.165, 1.54) is 0 Å². The third-order valence-electron chi connectivity index (χ3n) is 0.768. The minimum absolute atomic E-state index is 0.403. The van der Waals surface area contributed by atoms with Crippen molar-refractivity contribution in [2.45, 2.75) is 6.18 Å². The lowest BCUT2D eigenvalue weighted by atomic mass is 10.4. The van der Waals surface area contributed by atoms with Gasteiger partial charge in [-0.15, -0.1) is 0 Å². The van der Waals surface area contributed by atoms with E-state index in [1.807, 2.05) is 5.32 Å². The standard InChI is InChI=1S/C5H5F3N2/c1-9-3-4(10-2)5(6,7)8/h3,10H,2H3/b4-3-. The lowest BCUT2D eigenvalue weighted by Gasteiger charge is -2.08. The Morgan fingerprint density at radius 3 is 2.20 bits per heavy atom. The maximum Gasteiger partial charge on any atom is 0.420 e. The minimum Gasteiger partial charge on any atom is -0.394 e. The van der Waals surface area contributed by atoms with Crippen LogP contribution >= 0.6 is 0 Å². The van der Waals surface area contributed by atoms with Crippen LogP contribution in [0.15, 0.2) is 11.9 Å². The van der Waals surface area contributed by atoms with Crippen molar-refractivity contribution in [3.63, 3.8) is 0 Å². The van der Waals surface area contributed by atoms with Gasteiger partial charge in [0.15, 0.2) is 6.20 Å². The van der Waals surface area contributed by atoms with E-state index in [4.69, 9.17) is 6.57 Å². The molecule has 2 nitrogen and oxygen atoms in total. The molecule has 0 amide bonds. The molecule has 0 bridgehead atoms. The van der Waals surface area contributed by atoms with Gasteiger partial charge < -0.3 is 5.32 Å². The maximum absolute atomic E-state index is 11.6. The molecule has 0 aromatic carbocycles. The zero-order valence-electron chi connectivity index (χ0n) is 5.16. The van der Waals surface area contributed by atoms with Gasteiger partial charge in [0.25, 0.3) is 0 Å². The Bertz CT molecular complexity index is 174. The number of halogens is 3. The van der Waals surface area contributed by atoms with E-state index in [2.05, 4.69) is 4.85 Å². The summed E-state index contributed by atoms with van der Waals surface area (Å²) in [6.07, 6.45) is -4.04. The van der Waals surface area contributed by atoms with Crippen molar-refractivity contribution in [2.75, 3.05) is 7.05 Å². The fraction of sp³-hybridized carbons (Fsp3) is 0.400. The zero-order valence-corrected chi connectivity index (χ0v) is 5.16. The SMILES string of the molecule is [C-]#[N+]/C=C(\NC)C(F)(F)F. The molecule has 10 heavy (non-hydrogen) atoms. The Morgan fingerprint density at radius 1 is 1.60 bits per heavy atom. The molecule has 0 saturated carbocycles. The predicted molar refractivity (Wildman–Crippen MR) is 29.8 cm³/mol. The zero-order chi connectivity index (χ0) is 8.20. The number of allylic oxidation sites excluding steroid dienone is 1. The molecule has 0 aliphatic rings. The molecule has 0 heterocycles. The van der Waals surface area contributed by atoms with Crippen molar-refractivity contribution in [3.8, 4) is 0 Å². The Balaban J connectivity index is 4.41. The lowest BCUT2D eigenvalue weighted by Crippen LogP contribution is -2.22. The van der Waals surface area contributed by atoms with Gasteiger partial charge in [-0.05, 0) is 0 Å². The van der Waals surface area contributed by atoms with E-state index in [0.29, 0.717) is 6.20 Å². The van der Waals surface area contributed by atoms with E-state index in [1.54, 1.807) is 0 Å². The van der Waals surface area contributed by atoms with Gasteiger partial charge in [0.05, 0.1) is 6.57 Å². The Morgan fingerprint density at radius 2 is 2.10 bits per heavy atom. The topological polar surface area (TPSA) is 16.4 Å². The summed E-state index contributed by atoms with van der Waals surface area (Å²) in [6.45, 7) is 6.12. The molecule has 0 saturated heterocycles. The van der Waals surface area contributed by atoms with Gasteiger partial charge >= 0.3 is 6.18 Å².